The molecule has 0 amide bonds. The molecular weight excluding hydrogens is 261 g/mol. The van der Waals surface area contributed by atoms with Crippen LogP contribution >= 0.6 is 0 Å². The second-order valence-electron chi connectivity index (χ2n) is 7.22. The van der Waals surface area contributed by atoms with Crippen molar-refractivity contribution in [3.63, 3.8) is 0 Å². The number of hydrogen-bond donors (Lipinski definition) is 0. The van der Waals surface area contributed by atoms with Crippen LogP contribution in [0.4, 0.5) is 4.39 Å². The third-order valence-electron chi connectivity index (χ3n) is 4.23. The second-order valence-corrected chi connectivity index (χ2v) is 7.22. The zero-order valence-electron chi connectivity index (χ0n) is 12.7. The van der Waals surface area contributed by atoms with Gasteiger partial charge in [0.05, 0.1) is 6.54 Å². The van der Waals surface area contributed by atoms with Crippen LogP contribution in [0.25, 0.3) is 0 Å². The molecule has 20 heavy (non-hydrogen) atoms. The van der Waals surface area contributed by atoms with Gasteiger partial charge in [-0.2, -0.15) is 0 Å². The lowest BCUT2D eigenvalue weighted by Crippen LogP contribution is -2.65. The van der Waals surface area contributed by atoms with Gasteiger partial charge in [-0.25, -0.2) is 4.39 Å². The van der Waals surface area contributed by atoms with Gasteiger partial charge in [0.15, 0.2) is 12.0 Å². The van der Waals surface area contributed by atoms with Crippen LogP contribution in [0.2, 0.25) is 0 Å². The number of piperidine rings is 2. The second kappa shape index (κ2) is 5.10. The molecular formula is C15H24FNO3. The Morgan fingerprint density at radius 2 is 2.15 bits per heavy atom. The van der Waals surface area contributed by atoms with Crippen molar-refractivity contribution in [2.75, 3.05) is 6.54 Å². The van der Waals surface area contributed by atoms with E-state index in [0.29, 0.717) is 6.42 Å². The molecule has 2 heterocycles. The fourth-order valence-electron chi connectivity index (χ4n) is 3.39. The number of ether oxygens (including phenoxy) is 1. The Kier molecular flexibility index (Phi) is 3.93. The first kappa shape index (κ1) is 15.4. The van der Waals surface area contributed by atoms with E-state index < -0.39 is 23.4 Å². The highest BCUT2D eigenvalue weighted by atomic mass is 19.1. The minimum absolute atomic E-state index is 0.0616. The maximum absolute atomic E-state index is 14.1. The van der Waals surface area contributed by atoms with E-state index in [0.717, 1.165) is 12.8 Å². The van der Waals surface area contributed by atoms with Crippen LogP contribution in [-0.2, 0) is 14.3 Å². The van der Waals surface area contributed by atoms with E-state index in [1.165, 1.54) is 0 Å². The number of halogens is 1. The van der Waals surface area contributed by atoms with Crippen LogP contribution in [0.3, 0.4) is 0 Å². The zero-order valence-corrected chi connectivity index (χ0v) is 12.7. The van der Waals surface area contributed by atoms with Gasteiger partial charge in [-0.3, -0.25) is 14.5 Å². The van der Waals surface area contributed by atoms with Crippen LogP contribution in [0.15, 0.2) is 0 Å². The molecule has 4 nitrogen and oxygen atoms in total. The molecule has 2 rings (SSSR count). The van der Waals surface area contributed by atoms with Crippen LogP contribution in [0.5, 0.6) is 0 Å². The molecule has 0 saturated carbocycles. The number of fused-ring (bicyclic) bond motifs is 2. The third kappa shape index (κ3) is 3.03. The van der Waals surface area contributed by atoms with E-state index in [2.05, 4.69) is 0 Å². The van der Waals surface area contributed by atoms with Gasteiger partial charge in [0.2, 0.25) is 0 Å². The standard InChI is InChI=1S/C15H24FNO3/c1-14(2,3)20-12(19)9-17-10-6-5-7-15(17,4)8-11(18)13(10)16/h10,13H,5-9H2,1-4H3/t10?,13-,15+/m1/s1. The summed E-state index contributed by atoms with van der Waals surface area (Å²) in [6, 6.07) is -0.470. The molecule has 114 valence electrons. The van der Waals surface area contributed by atoms with Crippen LogP contribution in [-0.4, -0.2) is 46.6 Å². The molecule has 2 saturated heterocycles. The van der Waals surface area contributed by atoms with Crippen molar-refractivity contribution in [3.8, 4) is 0 Å². The summed E-state index contributed by atoms with van der Waals surface area (Å²) >= 11 is 0. The minimum Gasteiger partial charge on any atom is -0.459 e. The molecule has 0 aliphatic carbocycles. The molecule has 0 aromatic heterocycles. The first-order chi connectivity index (χ1) is 9.12. The van der Waals surface area contributed by atoms with Gasteiger partial charge >= 0.3 is 5.97 Å². The van der Waals surface area contributed by atoms with Crippen LogP contribution < -0.4 is 0 Å². The molecule has 1 unspecified atom stereocenters. The molecule has 5 heteroatoms. The summed E-state index contributed by atoms with van der Waals surface area (Å²) in [5.74, 6) is -0.671. The Labute approximate surface area is 119 Å². The zero-order chi connectivity index (χ0) is 15.1. The van der Waals surface area contributed by atoms with Gasteiger partial charge in [-0.05, 0) is 47.0 Å². The van der Waals surface area contributed by atoms with E-state index in [-0.39, 0.29) is 24.7 Å². The highest BCUT2D eigenvalue weighted by Crippen LogP contribution is 2.41. The van der Waals surface area contributed by atoms with Crippen LogP contribution in [0.1, 0.15) is 53.4 Å². The quantitative estimate of drug-likeness (QED) is 0.730. The van der Waals surface area contributed by atoms with Crippen molar-refractivity contribution in [3.05, 3.63) is 0 Å². The van der Waals surface area contributed by atoms with Crippen molar-refractivity contribution < 1.29 is 18.7 Å². The maximum atomic E-state index is 14.1. The first-order valence-corrected chi connectivity index (χ1v) is 7.28. The van der Waals surface area contributed by atoms with Crippen molar-refractivity contribution in [1.82, 2.24) is 4.90 Å². The predicted molar refractivity (Wildman–Crippen MR) is 73.1 cm³/mol. The summed E-state index contributed by atoms with van der Waals surface area (Å²) in [5.41, 5.74) is -0.951. The molecule has 2 bridgehead atoms. The summed E-state index contributed by atoms with van der Waals surface area (Å²) in [6.07, 6.45) is 1.08. The third-order valence-corrected chi connectivity index (χ3v) is 4.23. The van der Waals surface area contributed by atoms with Gasteiger partial charge in [-0.15, -0.1) is 0 Å². The average molecular weight is 285 g/mol. The van der Waals surface area contributed by atoms with Crippen molar-refractivity contribution in [2.24, 2.45) is 0 Å². The maximum Gasteiger partial charge on any atom is 0.320 e. The molecule has 0 N–H and O–H groups in total. The summed E-state index contributed by atoms with van der Waals surface area (Å²) < 4.78 is 19.4. The Morgan fingerprint density at radius 1 is 1.50 bits per heavy atom. The lowest BCUT2D eigenvalue weighted by Gasteiger charge is -2.53. The minimum atomic E-state index is -1.47. The number of hydrogen-bond acceptors (Lipinski definition) is 4. The van der Waals surface area contributed by atoms with Gasteiger partial charge in [-0.1, -0.05) is 0 Å². The molecule has 0 aromatic carbocycles. The van der Waals surface area contributed by atoms with Gasteiger partial charge in [0.1, 0.15) is 5.60 Å². The Morgan fingerprint density at radius 3 is 2.75 bits per heavy atom. The van der Waals surface area contributed by atoms with E-state index in [1.807, 2.05) is 32.6 Å². The lowest BCUT2D eigenvalue weighted by molar-refractivity contribution is -0.166. The number of Topliss-reactive ketones (excluding diaryl/α,β-unsaturated/α-hetero) is 1. The molecule has 0 aromatic rings. The monoisotopic (exact) mass is 285 g/mol. The molecule has 0 spiro atoms. The Hall–Kier alpha value is -0.970. The summed E-state index contributed by atoms with van der Waals surface area (Å²) in [5, 5.41) is 0. The van der Waals surface area contributed by atoms with E-state index in [1.54, 1.807) is 0 Å². The SMILES string of the molecule is CC(C)(C)OC(=O)CN1C2CCC[C@@]1(C)CC(=O)[C@@H]2F. The van der Waals surface area contributed by atoms with Crippen LogP contribution in [0, 0.1) is 0 Å². The van der Waals surface area contributed by atoms with Crippen molar-refractivity contribution in [2.45, 2.75) is 76.7 Å². The van der Waals surface area contributed by atoms with Crippen molar-refractivity contribution in [1.29, 1.82) is 0 Å². The fraction of sp³-hybridized carbons (Fsp3) is 0.867. The fourth-order valence-corrected chi connectivity index (χ4v) is 3.39. The molecule has 2 aliphatic heterocycles. The van der Waals surface area contributed by atoms with E-state index in [4.69, 9.17) is 4.74 Å². The highest BCUT2D eigenvalue weighted by molar-refractivity contribution is 5.86. The first-order valence-electron chi connectivity index (χ1n) is 7.28. The number of esters is 1. The Balaban J connectivity index is 2.13. The van der Waals surface area contributed by atoms with E-state index >= 15 is 0 Å². The average Bonchev–Trinajstić information content (AvgIpc) is 2.26. The normalized spacial score (nSPS) is 35.0. The van der Waals surface area contributed by atoms with Gasteiger partial charge in [0, 0.05) is 18.0 Å². The largest absolute Gasteiger partial charge is 0.459 e. The smallest absolute Gasteiger partial charge is 0.320 e. The number of alkyl halides is 1. The topological polar surface area (TPSA) is 46.6 Å². The number of rotatable bonds is 2. The van der Waals surface area contributed by atoms with E-state index in [9.17, 15) is 14.0 Å². The Bertz CT molecular complexity index is 418. The predicted octanol–water partition coefficient (Wildman–Crippen LogP) is 2.25. The number of nitrogens with zero attached hydrogens (tertiary/aromatic N) is 1. The van der Waals surface area contributed by atoms with Gasteiger partial charge in [0.25, 0.3) is 0 Å². The van der Waals surface area contributed by atoms with Gasteiger partial charge < -0.3 is 4.74 Å². The number of ketones is 1. The molecule has 3 atom stereocenters. The summed E-state index contributed by atoms with van der Waals surface area (Å²) in [7, 11) is 0. The summed E-state index contributed by atoms with van der Waals surface area (Å²) in [6.45, 7) is 7.45. The summed E-state index contributed by atoms with van der Waals surface area (Å²) in [4.78, 5) is 25.6. The molecule has 2 fully saturated rings. The molecule has 2 aliphatic rings. The molecule has 0 radical (unpaired) electrons. The highest BCUT2D eigenvalue weighted by Gasteiger charge is 2.51. The number of carbonyl (C=O) groups is 2. The lowest BCUT2D eigenvalue weighted by atomic mass is 9.74. The number of carbonyl (C=O) groups excluding carboxylic acids is 2. The van der Waals surface area contributed by atoms with Crippen molar-refractivity contribution >= 4 is 11.8 Å².